The molecule has 0 aliphatic carbocycles. The van der Waals surface area contributed by atoms with Gasteiger partial charge in [0.1, 0.15) is 5.01 Å². The number of rotatable bonds is 4. The molecule has 1 fully saturated rings. The second kappa shape index (κ2) is 6.21. The summed E-state index contributed by atoms with van der Waals surface area (Å²) in [7, 11) is 0. The minimum atomic E-state index is -0.863. The Morgan fingerprint density at radius 2 is 2.40 bits per heavy atom. The zero-order valence-corrected chi connectivity index (χ0v) is 12.4. The van der Waals surface area contributed by atoms with E-state index in [2.05, 4.69) is 10.3 Å². The minimum Gasteiger partial charge on any atom is -0.481 e. The number of hydrogen-bond donors (Lipinski definition) is 2. The highest BCUT2D eigenvalue weighted by molar-refractivity contribution is 7.09. The molecule has 1 aliphatic rings. The van der Waals surface area contributed by atoms with Gasteiger partial charge in [-0.05, 0) is 26.7 Å². The van der Waals surface area contributed by atoms with Crippen LogP contribution in [-0.4, -0.2) is 39.6 Å². The molecule has 0 spiro atoms. The quantitative estimate of drug-likeness (QED) is 0.892. The predicted molar refractivity (Wildman–Crippen MR) is 75.8 cm³/mol. The van der Waals surface area contributed by atoms with Crippen molar-refractivity contribution in [1.29, 1.82) is 0 Å². The van der Waals surface area contributed by atoms with E-state index in [1.807, 2.05) is 19.2 Å². The summed E-state index contributed by atoms with van der Waals surface area (Å²) in [6.45, 7) is 4.42. The van der Waals surface area contributed by atoms with Crippen LogP contribution in [0.4, 0.5) is 4.79 Å². The van der Waals surface area contributed by atoms with E-state index in [9.17, 15) is 9.59 Å². The SMILES string of the molecule is Cc1csc(C(C)NC(=O)N2CCCC2CC(=O)O)n1. The van der Waals surface area contributed by atoms with Gasteiger partial charge in [-0.15, -0.1) is 11.3 Å². The highest BCUT2D eigenvalue weighted by Crippen LogP contribution is 2.22. The lowest BCUT2D eigenvalue weighted by atomic mass is 10.1. The van der Waals surface area contributed by atoms with Crippen LogP contribution in [0.2, 0.25) is 0 Å². The molecule has 0 radical (unpaired) electrons. The number of aryl methyl sites for hydroxylation is 1. The number of urea groups is 1. The lowest BCUT2D eigenvalue weighted by molar-refractivity contribution is -0.137. The Labute approximate surface area is 121 Å². The first kappa shape index (κ1) is 14.8. The lowest BCUT2D eigenvalue weighted by Gasteiger charge is -2.25. The molecule has 2 atom stereocenters. The molecule has 2 unspecified atom stereocenters. The van der Waals surface area contributed by atoms with Crippen LogP contribution in [0.5, 0.6) is 0 Å². The second-order valence-electron chi connectivity index (χ2n) is 5.09. The number of carboxylic acid groups (broad SMARTS) is 1. The van der Waals surface area contributed by atoms with E-state index in [-0.39, 0.29) is 24.5 Å². The van der Waals surface area contributed by atoms with Gasteiger partial charge in [0.2, 0.25) is 0 Å². The lowest BCUT2D eigenvalue weighted by Crippen LogP contribution is -2.44. The van der Waals surface area contributed by atoms with Gasteiger partial charge >= 0.3 is 12.0 Å². The van der Waals surface area contributed by atoms with Gasteiger partial charge in [0.05, 0.1) is 12.5 Å². The van der Waals surface area contributed by atoms with E-state index in [1.54, 1.807) is 4.90 Å². The number of likely N-dealkylation sites (tertiary alicyclic amines) is 1. The molecule has 1 saturated heterocycles. The molecule has 2 N–H and O–H groups in total. The van der Waals surface area contributed by atoms with Crippen molar-refractivity contribution in [2.24, 2.45) is 0 Å². The Morgan fingerprint density at radius 3 is 3.00 bits per heavy atom. The number of carbonyl (C=O) groups is 2. The third kappa shape index (κ3) is 3.47. The molecule has 0 bridgehead atoms. The normalized spacial score (nSPS) is 19.9. The first-order chi connectivity index (χ1) is 9.47. The number of nitrogens with one attached hydrogen (secondary N) is 1. The fraction of sp³-hybridized carbons (Fsp3) is 0.615. The Morgan fingerprint density at radius 1 is 1.65 bits per heavy atom. The van der Waals surface area contributed by atoms with Crippen LogP contribution in [0, 0.1) is 6.92 Å². The molecular weight excluding hydrogens is 278 g/mol. The van der Waals surface area contributed by atoms with Crippen molar-refractivity contribution in [2.75, 3.05) is 6.54 Å². The minimum absolute atomic E-state index is 0.0121. The van der Waals surface area contributed by atoms with Crippen molar-refractivity contribution in [3.8, 4) is 0 Å². The number of amides is 2. The third-order valence-corrected chi connectivity index (χ3v) is 4.54. The number of carbonyl (C=O) groups excluding carboxylic acids is 1. The average molecular weight is 297 g/mol. The van der Waals surface area contributed by atoms with Gasteiger partial charge in [0, 0.05) is 23.7 Å². The maximum absolute atomic E-state index is 12.2. The average Bonchev–Trinajstić information content (AvgIpc) is 2.97. The molecule has 0 aromatic carbocycles. The summed E-state index contributed by atoms with van der Waals surface area (Å²) in [6.07, 6.45) is 1.62. The van der Waals surface area contributed by atoms with Crippen LogP contribution in [0.15, 0.2) is 5.38 Å². The number of carboxylic acids is 1. The molecule has 1 aromatic heterocycles. The van der Waals surface area contributed by atoms with Gasteiger partial charge in [-0.2, -0.15) is 0 Å². The Balaban J connectivity index is 1.95. The van der Waals surface area contributed by atoms with Crippen LogP contribution in [0.3, 0.4) is 0 Å². The van der Waals surface area contributed by atoms with E-state index in [0.717, 1.165) is 23.5 Å². The number of nitrogens with zero attached hydrogens (tertiary/aromatic N) is 2. The monoisotopic (exact) mass is 297 g/mol. The Kier molecular flexibility index (Phi) is 4.59. The number of aromatic nitrogens is 1. The van der Waals surface area contributed by atoms with Crippen molar-refractivity contribution in [3.63, 3.8) is 0 Å². The van der Waals surface area contributed by atoms with Gasteiger partial charge in [-0.1, -0.05) is 0 Å². The Bertz CT molecular complexity index is 503. The fourth-order valence-electron chi connectivity index (χ4n) is 2.42. The highest BCUT2D eigenvalue weighted by Gasteiger charge is 2.31. The molecule has 0 saturated carbocycles. The van der Waals surface area contributed by atoms with E-state index in [4.69, 9.17) is 5.11 Å². The molecule has 1 aliphatic heterocycles. The van der Waals surface area contributed by atoms with Crippen molar-refractivity contribution >= 4 is 23.3 Å². The smallest absolute Gasteiger partial charge is 0.318 e. The van der Waals surface area contributed by atoms with Crippen LogP contribution >= 0.6 is 11.3 Å². The summed E-state index contributed by atoms with van der Waals surface area (Å²) in [4.78, 5) is 29.0. The number of thiazole rings is 1. The molecular formula is C13H19N3O3S. The fourth-order valence-corrected chi connectivity index (χ4v) is 3.22. The van der Waals surface area contributed by atoms with Crippen molar-refractivity contribution in [1.82, 2.24) is 15.2 Å². The highest BCUT2D eigenvalue weighted by atomic mass is 32.1. The van der Waals surface area contributed by atoms with Crippen molar-refractivity contribution in [2.45, 2.75) is 45.2 Å². The van der Waals surface area contributed by atoms with Gasteiger partial charge in [-0.25, -0.2) is 9.78 Å². The van der Waals surface area contributed by atoms with Crippen LogP contribution < -0.4 is 5.32 Å². The van der Waals surface area contributed by atoms with Crippen LogP contribution in [0.25, 0.3) is 0 Å². The third-order valence-electron chi connectivity index (χ3n) is 3.40. The molecule has 6 nitrogen and oxygen atoms in total. The summed E-state index contributed by atoms with van der Waals surface area (Å²) in [6, 6.07) is -0.556. The molecule has 1 aromatic rings. The molecule has 110 valence electrons. The van der Waals surface area contributed by atoms with Gasteiger partial charge in [0.15, 0.2) is 0 Å². The topological polar surface area (TPSA) is 82.5 Å². The largest absolute Gasteiger partial charge is 0.481 e. The van der Waals surface area contributed by atoms with E-state index in [1.165, 1.54) is 11.3 Å². The first-order valence-corrected chi connectivity index (χ1v) is 7.56. The van der Waals surface area contributed by atoms with E-state index >= 15 is 0 Å². The van der Waals surface area contributed by atoms with Crippen LogP contribution in [-0.2, 0) is 4.79 Å². The molecule has 2 amide bonds. The summed E-state index contributed by atoms with van der Waals surface area (Å²) in [5.74, 6) is -0.863. The summed E-state index contributed by atoms with van der Waals surface area (Å²) < 4.78 is 0. The number of aliphatic carboxylic acids is 1. The molecule has 20 heavy (non-hydrogen) atoms. The summed E-state index contributed by atoms with van der Waals surface area (Å²) >= 11 is 1.52. The first-order valence-electron chi connectivity index (χ1n) is 6.68. The standard InChI is InChI=1S/C13H19N3O3S/c1-8-7-20-12(14-8)9(2)15-13(19)16-5-3-4-10(16)6-11(17)18/h7,9-10H,3-6H2,1-2H3,(H,15,19)(H,17,18). The van der Waals surface area contributed by atoms with E-state index < -0.39 is 5.97 Å². The van der Waals surface area contributed by atoms with Gasteiger partial charge in [0.25, 0.3) is 0 Å². The summed E-state index contributed by atoms with van der Waals surface area (Å²) in [5.41, 5.74) is 0.941. The van der Waals surface area contributed by atoms with Gasteiger partial charge < -0.3 is 15.3 Å². The second-order valence-corrected chi connectivity index (χ2v) is 5.98. The predicted octanol–water partition coefficient (Wildman–Crippen LogP) is 2.16. The van der Waals surface area contributed by atoms with Crippen molar-refractivity contribution in [3.05, 3.63) is 16.1 Å². The molecule has 7 heteroatoms. The summed E-state index contributed by atoms with van der Waals surface area (Å²) in [5, 5.41) is 14.6. The molecule has 2 rings (SSSR count). The van der Waals surface area contributed by atoms with E-state index in [0.29, 0.717) is 6.54 Å². The number of hydrogen-bond acceptors (Lipinski definition) is 4. The van der Waals surface area contributed by atoms with Gasteiger partial charge in [-0.3, -0.25) is 4.79 Å². The van der Waals surface area contributed by atoms with Crippen molar-refractivity contribution < 1.29 is 14.7 Å². The zero-order valence-electron chi connectivity index (χ0n) is 11.6. The van der Waals surface area contributed by atoms with Crippen LogP contribution in [0.1, 0.15) is 42.9 Å². The Hall–Kier alpha value is -1.63. The molecule has 2 heterocycles. The maximum Gasteiger partial charge on any atom is 0.318 e. The maximum atomic E-state index is 12.2. The zero-order chi connectivity index (χ0) is 14.7.